The smallest absolute Gasteiger partial charge is 0.270 e. The molecule has 1 aromatic rings. The molecular weight excluding hydrogens is 306 g/mol. The summed E-state index contributed by atoms with van der Waals surface area (Å²) in [6, 6.07) is 7.27. The Morgan fingerprint density at radius 2 is 1.96 bits per heavy atom. The van der Waals surface area contributed by atoms with Crippen LogP contribution in [0.1, 0.15) is 18.1 Å². The van der Waals surface area contributed by atoms with Crippen LogP contribution in [0.2, 0.25) is 0 Å². The molecule has 1 aromatic carbocycles. The van der Waals surface area contributed by atoms with Crippen molar-refractivity contribution in [2.45, 2.75) is 6.92 Å². The first-order valence-electron chi connectivity index (χ1n) is 7.11. The number of amidine groups is 2. The van der Waals surface area contributed by atoms with Gasteiger partial charge in [0.25, 0.3) is 5.91 Å². The Morgan fingerprint density at radius 3 is 2.62 bits per heavy atom. The number of amides is 2. The van der Waals surface area contributed by atoms with Crippen molar-refractivity contribution in [2.75, 3.05) is 0 Å². The molecule has 4 N–H and O–H groups in total. The minimum Gasteiger partial charge on any atom is -0.405 e. The molecule has 24 heavy (non-hydrogen) atoms. The van der Waals surface area contributed by atoms with Gasteiger partial charge in [0.05, 0.1) is 0 Å². The number of hydrogen-bond donors (Lipinski definition) is 3. The number of nitrogens with one attached hydrogen (secondary N) is 2. The predicted octanol–water partition coefficient (Wildman–Crippen LogP) is 0.945. The maximum atomic E-state index is 11.9. The summed E-state index contributed by atoms with van der Waals surface area (Å²) in [5.41, 5.74) is 9.26. The van der Waals surface area contributed by atoms with E-state index in [1.54, 1.807) is 18.2 Å². The summed E-state index contributed by atoms with van der Waals surface area (Å²) in [7, 11) is 0. The van der Waals surface area contributed by atoms with Crippen molar-refractivity contribution in [3.63, 3.8) is 0 Å². The van der Waals surface area contributed by atoms with Gasteiger partial charge in [-0.05, 0) is 18.4 Å². The van der Waals surface area contributed by atoms with Crippen LogP contribution in [-0.2, 0) is 9.59 Å². The van der Waals surface area contributed by atoms with E-state index in [1.807, 2.05) is 18.2 Å². The average molecular weight is 323 g/mol. The predicted molar refractivity (Wildman–Crippen MR) is 93.1 cm³/mol. The third kappa shape index (κ3) is 4.04. The Morgan fingerprint density at radius 1 is 1.25 bits per heavy atom. The van der Waals surface area contributed by atoms with Gasteiger partial charge in [0.1, 0.15) is 5.84 Å². The van der Waals surface area contributed by atoms with E-state index in [1.165, 1.54) is 19.2 Å². The van der Waals surface area contributed by atoms with Crippen LogP contribution in [-0.4, -0.2) is 23.5 Å². The standard InChI is InChI=1S/C17H17N5O2/c1-11(7-5-6-10-18)17(24)22-21-16-14-9-4-3-8-13(14)15(20-16)19-12(2)23/h3-10H,1,18H2,2H3,(H,22,24)(H,19,20,21,23)/b7-5-,10-6-. The molecule has 0 unspecified atom stereocenters. The van der Waals surface area contributed by atoms with E-state index in [4.69, 9.17) is 5.73 Å². The molecule has 7 nitrogen and oxygen atoms in total. The van der Waals surface area contributed by atoms with E-state index in [0.717, 1.165) is 5.56 Å². The van der Waals surface area contributed by atoms with Gasteiger partial charge in [0, 0.05) is 23.6 Å². The molecule has 2 rings (SSSR count). The van der Waals surface area contributed by atoms with Crippen molar-refractivity contribution in [1.82, 2.24) is 10.7 Å². The first-order valence-corrected chi connectivity index (χ1v) is 7.11. The molecule has 0 atom stereocenters. The summed E-state index contributed by atoms with van der Waals surface area (Å²) in [6.07, 6.45) is 6.01. The average Bonchev–Trinajstić information content (AvgIpc) is 2.90. The third-order valence-corrected chi connectivity index (χ3v) is 3.01. The lowest BCUT2D eigenvalue weighted by Crippen LogP contribution is -2.27. The third-order valence-electron chi connectivity index (χ3n) is 3.01. The van der Waals surface area contributed by atoms with Crippen LogP contribution in [0.5, 0.6) is 0 Å². The second-order valence-corrected chi connectivity index (χ2v) is 4.83. The van der Waals surface area contributed by atoms with Gasteiger partial charge >= 0.3 is 0 Å². The Hall–Kier alpha value is -3.48. The van der Waals surface area contributed by atoms with E-state index >= 15 is 0 Å². The number of nitrogens with zero attached hydrogens (tertiary/aromatic N) is 2. The van der Waals surface area contributed by atoms with Crippen molar-refractivity contribution in [3.05, 3.63) is 72.0 Å². The van der Waals surface area contributed by atoms with Gasteiger partial charge < -0.3 is 11.1 Å². The van der Waals surface area contributed by atoms with E-state index < -0.39 is 5.91 Å². The summed E-state index contributed by atoms with van der Waals surface area (Å²) in [5, 5.41) is 6.65. The van der Waals surface area contributed by atoms with Gasteiger partial charge in [0.2, 0.25) is 5.91 Å². The first-order chi connectivity index (χ1) is 11.5. The lowest BCUT2D eigenvalue weighted by Gasteiger charge is -2.02. The molecule has 0 spiro atoms. The summed E-state index contributed by atoms with van der Waals surface area (Å²) < 4.78 is 0. The van der Waals surface area contributed by atoms with Crippen LogP contribution >= 0.6 is 0 Å². The van der Waals surface area contributed by atoms with Gasteiger partial charge in [0.15, 0.2) is 5.84 Å². The number of rotatable bonds is 4. The van der Waals surface area contributed by atoms with E-state index in [9.17, 15) is 9.59 Å². The number of carbonyl (C=O) groups excluding carboxylic acids is 2. The van der Waals surface area contributed by atoms with Crippen LogP contribution in [0.25, 0.3) is 0 Å². The van der Waals surface area contributed by atoms with Gasteiger partial charge in [-0.3, -0.25) is 9.59 Å². The van der Waals surface area contributed by atoms with Gasteiger partial charge in [-0.2, -0.15) is 5.10 Å². The lowest BCUT2D eigenvalue weighted by molar-refractivity contribution is -0.118. The zero-order chi connectivity index (χ0) is 17.5. The molecule has 1 aliphatic rings. The van der Waals surface area contributed by atoms with Crippen molar-refractivity contribution in [1.29, 1.82) is 0 Å². The molecule has 1 heterocycles. The van der Waals surface area contributed by atoms with Crippen molar-refractivity contribution in [2.24, 2.45) is 15.8 Å². The van der Waals surface area contributed by atoms with Crippen LogP contribution in [0.3, 0.4) is 0 Å². The molecule has 0 bridgehead atoms. The minimum absolute atomic E-state index is 0.217. The SMILES string of the molecule is C=C(/C=C\C=C/N)C(=O)N/N=C1\N=C(NC(C)=O)c2ccccc21. The van der Waals surface area contributed by atoms with Crippen molar-refractivity contribution in [3.8, 4) is 0 Å². The molecule has 0 radical (unpaired) electrons. The number of carbonyl (C=O) groups is 2. The number of hydrogen-bond acceptors (Lipinski definition) is 4. The summed E-state index contributed by atoms with van der Waals surface area (Å²) in [5.74, 6) is 0.00406. The van der Waals surface area contributed by atoms with E-state index in [2.05, 4.69) is 27.4 Å². The zero-order valence-corrected chi connectivity index (χ0v) is 13.1. The largest absolute Gasteiger partial charge is 0.405 e. The fourth-order valence-corrected chi connectivity index (χ4v) is 1.95. The molecule has 2 amide bonds. The van der Waals surface area contributed by atoms with Gasteiger partial charge in [-0.1, -0.05) is 36.9 Å². The highest BCUT2D eigenvalue weighted by atomic mass is 16.2. The molecule has 122 valence electrons. The van der Waals surface area contributed by atoms with Crippen molar-refractivity contribution < 1.29 is 9.59 Å². The number of benzene rings is 1. The summed E-state index contributed by atoms with van der Waals surface area (Å²) in [6.45, 7) is 5.03. The molecule has 0 aliphatic carbocycles. The molecular formula is C17H17N5O2. The summed E-state index contributed by atoms with van der Waals surface area (Å²) >= 11 is 0. The lowest BCUT2D eigenvalue weighted by atomic mass is 10.1. The molecule has 1 aliphatic heterocycles. The quantitative estimate of drug-likeness (QED) is 0.436. The summed E-state index contributed by atoms with van der Waals surface area (Å²) in [4.78, 5) is 27.4. The second kappa shape index (κ2) is 7.68. The Kier molecular flexibility index (Phi) is 5.40. The van der Waals surface area contributed by atoms with Crippen LogP contribution in [0, 0.1) is 0 Å². The minimum atomic E-state index is -0.468. The highest BCUT2D eigenvalue weighted by molar-refractivity contribution is 6.25. The molecule has 0 aromatic heterocycles. The van der Waals surface area contributed by atoms with Gasteiger partial charge in [-0.15, -0.1) is 0 Å². The zero-order valence-electron chi connectivity index (χ0n) is 13.1. The van der Waals surface area contributed by atoms with E-state index in [0.29, 0.717) is 17.2 Å². The number of fused-ring (bicyclic) bond motifs is 1. The fraction of sp³-hybridized carbons (Fsp3) is 0.0588. The normalized spacial score (nSPS) is 14.7. The fourth-order valence-electron chi connectivity index (χ4n) is 1.95. The second-order valence-electron chi connectivity index (χ2n) is 4.83. The number of aliphatic imine (C=N–C) groups is 1. The number of nitrogens with two attached hydrogens (primary N) is 1. The molecule has 0 saturated carbocycles. The van der Waals surface area contributed by atoms with E-state index in [-0.39, 0.29) is 11.5 Å². The maximum absolute atomic E-state index is 11.9. The van der Waals surface area contributed by atoms with Crippen LogP contribution in [0.4, 0.5) is 0 Å². The highest BCUT2D eigenvalue weighted by Gasteiger charge is 2.22. The Balaban J connectivity index is 2.17. The first kappa shape index (κ1) is 16.9. The van der Waals surface area contributed by atoms with Gasteiger partial charge in [-0.25, -0.2) is 10.4 Å². The number of allylic oxidation sites excluding steroid dienone is 2. The highest BCUT2D eigenvalue weighted by Crippen LogP contribution is 2.18. The Labute approximate surface area is 139 Å². The van der Waals surface area contributed by atoms with Crippen molar-refractivity contribution >= 4 is 23.5 Å². The molecule has 7 heteroatoms. The van der Waals surface area contributed by atoms with Crippen LogP contribution in [0.15, 0.2) is 70.9 Å². The number of hydrazone groups is 1. The topological polar surface area (TPSA) is 109 Å². The molecule has 0 fully saturated rings. The molecule has 0 saturated heterocycles. The Bertz CT molecular complexity index is 803. The monoisotopic (exact) mass is 323 g/mol. The maximum Gasteiger partial charge on any atom is 0.270 e. The van der Waals surface area contributed by atoms with Crippen LogP contribution < -0.4 is 16.5 Å².